The molecule has 0 atom stereocenters. The maximum Gasteiger partial charge on any atom is 0.325 e. The summed E-state index contributed by atoms with van der Waals surface area (Å²) in [7, 11) is 1.48. The van der Waals surface area contributed by atoms with Gasteiger partial charge >= 0.3 is 12.0 Å². The Labute approximate surface area is 116 Å². The number of nitrogens with one attached hydrogen (secondary N) is 2. The highest BCUT2D eigenvalue weighted by molar-refractivity contribution is 6.31. The molecule has 0 aliphatic heterocycles. The lowest BCUT2D eigenvalue weighted by Gasteiger charge is -2.11. The van der Waals surface area contributed by atoms with E-state index in [1.165, 1.54) is 7.11 Å². The number of hydrogen-bond acceptors (Lipinski definition) is 4. The molecule has 0 heterocycles. The molecule has 2 amide bonds. The first-order chi connectivity index (χ1) is 9.06. The van der Waals surface area contributed by atoms with Crippen LogP contribution < -0.4 is 15.4 Å². The van der Waals surface area contributed by atoms with Gasteiger partial charge in [0.25, 0.3) is 0 Å². The molecule has 0 bridgehead atoms. The van der Waals surface area contributed by atoms with Crippen LogP contribution >= 0.6 is 11.6 Å². The predicted molar refractivity (Wildman–Crippen MR) is 71.7 cm³/mol. The van der Waals surface area contributed by atoms with Crippen LogP contribution in [0.5, 0.6) is 5.75 Å². The molecule has 0 aliphatic carbocycles. The van der Waals surface area contributed by atoms with E-state index in [0.29, 0.717) is 16.5 Å². The van der Waals surface area contributed by atoms with Crippen molar-refractivity contribution in [2.24, 2.45) is 0 Å². The highest BCUT2D eigenvalue weighted by atomic mass is 35.5. The number of hydrogen-bond donors (Lipinski definition) is 2. The van der Waals surface area contributed by atoms with Gasteiger partial charge in [-0.2, -0.15) is 0 Å². The van der Waals surface area contributed by atoms with E-state index in [1.807, 2.05) is 0 Å². The molecule has 7 heteroatoms. The third-order valence-corrected chi connectivity index (χ3v) is 2.34. The fourth-order valence-electron chi connectivity index (χ4n) is 1.31. The Morgan fingerprint density at radius 1 is 1.37 bits per heavy atom. The lowest BCUT2D eigenvalue weighted by molar-refractivity contribution is -0.141. The number of methoxy groups -OCH3 is 1. The van der Waals surface area contributed by atoms with Crippen LogP contribution in [0.25, 0.3) is 0 Å². The van der Waals surface area contributed by atoms with Gasteiger partial charge in [0.1, 0.15) is 12.3 Å². The van der Waals surface area contributed by atoms with Gasteiger partial charge in [-0.3, -0.25) is 4.79 Å². The summed E-state index contributed by atoms with van der Waals surface area (Å²) in [6.45, 7) is 1.75. The van der Waals surface area contributed by atoms with Crippen molar-refractivity contribution >= 4 is 29.3 Å². The largest absolute Gasteiger partial charge is 0.495 e. The van der Waals surface area contributed by atoms with E-state index < -0.39 is 12.0 Å². The first kappa shape index (κ1) is 15.1. The number of esters is 1. The lowest BCUT2D eigenvalue weighted by Crippen LogP contribution is -2.34. The van der Waals surface area contributed by atoms with Gasteiger partial charge in [0.15, 0.2) is 0 Å². The highest BCUT2D eigenvalue weighted by Crippen LogP contribution is 2.27. The molecule has 0 aliphatic rings. The highest BCUT2D eigenvalue weighted by Gasteiger charge is 2.09. The number of rotatable bonds is 5. The number of amides is 2. The Morgan fingerprint density at radius 2 is 2.11 bits per heavy atom. The molecule has 0 saturated heterocycles. The van der Waals surface area contributed by atoms with Crippen molar-refractivity contribution in [1.82, 2.24) is 5.32 Å². The van der Waals surface area contributed by atoms with Gasteiger partial charge < -0.3 is 20.1 Å². The minimum absolute atomic E-state index is 0.206. The minimum atomic E-state index is -0.548. The monoisotopic (exact) mass is 286 g/mol. The van der Waals surface area contributed by atoms with Crippen molar-refractivity contribution in [2.45, 2.75) is 6.92 Å². The third kappa shape index (κ3) is 5.05. The summed E-state index contributed by atoms with van der Waals surface area (Å²) in [6, 6.07) is 4.27. The lowest BCUT2D eigenvalue weighted by atomic mass is 10.3. The molecular weight excluding hydrogens is 272 g/mol. The Balaban J connectivity index is 2.57. The van der Waals surface area contributed by atoms with E-state index in [9.17, 15) is 9.59 Å². The average Bonchev–Trinajstić information content (AvgIpc) is 2.37. The molecule has 104 valence electrons. The molecule has 2 N–H and O–H groups in total. The van der Waals surface area contributed by atoms with Crippen LogP contribution in [-0.4, -0.2) is 32.3 Å². The van der Waals surface area contributed by atoms with Gasteiger partial charge in [-0.1, -0.05) is 11.6 Å². The van der Waals surface area contributed by atoms with Crippen LogP contribution in [0.2, 0.25) is 5.02 Å². The van der Waals surface area contributed by atoms with E-state index >= 15 is 0 Å². The number of halogens is 1. The fraction of sp³-hybridized carbons (Fsp3) is 0.333. The summed E-state index contributed by atoms with van der Waals surface area (Å²) in [6.07, 6.45) is 0. The van der Waals surface area contributed by atoms with E-state index in [4.69, 9.17) is 16.3 Å². The van der Waals surface area contributed by atoms with Gasteiger partial charge in [0, 0.05) is 5.02 Å². The van der Waals surface area contributed by atoms with Gasteiger partial charge in [-0.05, 0) is 25.1 Å². The van der Waals surface area contributed by atoms with Crippen LogP contribution in [0.1, 0.15) is 6.92 Å². The number of anilines is 1. The zero-order valence-corrected chi connectivity index (χ0v) is 11.4. The van der Waals surface area contributed by atoms with Crippen molar-refractivity contribution in [1.29, 1.82) is 0 Å². The van der Waals surface area contributed by atoms with E-state index in [0.717, 1.165) is 0 Å². The topological polar surface area (TPSA) is 76.7 Å². The van der Waals surface area contributed by atoms with E-state index in [2.05, 4.69) is 15.4 Å². The van der Waals surface area contributed by atoms with Crippen molar-refractivity contribution in [3.05, 3.63) is 23.2 Å². The van der Waals surface area contributed by atoms with Crippen molar-refractivity contribution in [3.63, 3.8) is 0 Å². The quantitative estimate of drug-likeness (QED) is 0.812. The molecule has 0 fully saturated rings. The Kier molecular flexibility index (Phi) is 5.95. The normalized spacial score (nSPS) is 9.63. The number of urea groups is 1. The van der Waals surface area contributed by atoms with Crippen LogP contribution in [-0.2, 0) is 9.53 Å². The van der Waals surface area contributed by atoms with E-state index in [1.54, 1.807) is 25.1 Å². The smallest absolute Gasteiger partial charge is 0.325 e. The summed E-state index contributed by atoms with van der Waals surface area (Å²) < 4.78 is 9.75. The van der Waals surface area contributed by atoms with Crippen LogP contribution in [0.3, 0.4) is 0 Å². The van der Waals surface area contributed by atoms with Gasteiger partial charge in [0.05, 0.1) is 19.4 Å². The first-order valence-corrected chi connectivity index (χ1v) is 5.98. The van der Waals surface area contributed by atoms with Gasteiger partial charge in [0.2, 0.25) is 0 Å². The molecule has 0 aromatic heterocycles. The second-order valence-electron chi connectivity index (χ2n) is 3.46. The molecule has 0 radical (unpaired) electrons. The van der Waals surface area contributed by atoms with Crippen LogP contribution in [0.15, 0.2) is 18.2 Å². The second kappa shape index (κ2) is 7.48. The summed E-state index contributed by atoms with van der Waals surface area (Å²) >= 11 is 5.82. The zero-order valence-electron chi connectivity index (χ0n) is 10.7. The summed E-state index contributed by atoms with van der Waals surface area (Å²) in [5, 5.41) is 5.36. The average molecular weight is 287 g/mol. The van der Waals surface area contributed by atoms with Gasteiger partial charge in [-0.15, -0.1) is 0 Å². The van der Waals surface area contributed by atoms with Crippen LogP contribution in [0, 0.1) is 0 Å². The molecule has 1 rings (SSSR count). The molecule has 0 spiro atoms. The first-order valence-electron chi connectivity index (χ1n) is 5.60. The van der Waals surface area contributed by atoms with Crippen LogP contribution in [0.4, 0.5) is 10.5 Å². The third-order valence-electron chi connectivity index (χ3n) is 2.11. The molecule has 19 heavy (non-hydrogen) atoms. The van der Waals surface area contributed by atoms with Crippen molar-refractivity contribution < 1.29 is 19.1 Å². The minimum Gasteiger partial charge on any atom is -0.495 e. The summed E-state index contributed by atoms with van der Waals surface area (Å²) in [5.41, 5.74) is 0.413. The molecule has 0 saturated carbocycles. The standard InChI is InChI=1S/C12H15ClN2O4/c1-3-19-11(16)7-14-12(17)15-9-6-8(13)4-5-10(9)18-2/h4-6H,3,7H2,1-2H3,(H2,14,15,17). The summed E-state index contributed by atoms with van der Waals surface area (Å²) in [5.74, 6) is -0.0357. The number of benzene rings is 1. The molecular formula is C12H15ClN2O4. The molecule has 1 aromatic rings. The van der Waals surface area contributed by atoms with Gasteiger partial charge in [-0.25, -0.2) is 4.79 Å². The second-order valence-corrected chi connectivity index (χ2v) is 3.89. The number of ether oxygens (including phenoxy) is 2. The summed E-state index contributed by atoms with van der Waals surface area (Å²) in [4.78, 5) is 22.6. The Bertz CT molecular complexity index is 465. The SMILES string of the molecule is CCOC(=O)CNC(=O)Nc1cc(Cl)ccc1OC. The maximum atomic E-state index is 11.6. The number of carbonyl (C=O) groups is 2. The fourth-order valence-corrected chi connectivity index (χ4v) is 1.48. The molecule has 1 aromatic carbocycles. The van der Waals surface area contributed by atoms with E-state index in [-0.39, 0.29) is 13.2 Å². The zero-order chi connectivity index (χ0) is 14.3. The number of carbonyl (C=O) groups excluding carboxylic acids is 2. The van der Waals surface area contributed by atoms with Crippen molar-refractivity contribution in [3.8, 4) is 5.75 Å². The predicted octanol–water partition coefficient (Wildman–Crippen LogP) is 2.03. The molecule has 0 unspecified atom stereocenters. The maximum absolute atomic E-state index is 11.6. The Morgan fingerprint density at radius 3 is 2.74 bits per heavy atom. The van der Waals surface area contributed by atoms with Crippen molar-refractivity contribution in [2.75, 3.05) is 25.6 Å². The molecule has 6 nitrogen and oxygen atoms in total. The Hall–Kier alpha value is -1.95.